The van der Waals surface area contributed by atoms with Crippen molar-refractivity contribution in [1.82, 2.24) is 4.98 Å². The fourth-order valence-corrected chi connectivity index (χ4v) is 1.24. The summed E-state index contributed by atoms with van der Waals surface area (Å²) in [5, 5.41) is 11.8. The lowest BCUT2D eigenvalue weighted by Gasteiger charge is -2.15. The van der Waals surface area contributed by atoms with Crippen LogP contribution in [0.4, 0.5) is 5.82 Å². The van der Waals surface area contributed by atoms with Gasteiger partial charge < -0.3 is 14.8 Å². The highest BCUT2D eigenvalue weighted by atomic mass is 16.5. The van der Waals surface area contributed by atoms with Crippen LogP contribution >= 0.6 is 0 Å². The van der Waals surface area contributed by atoms with Crippen molar-refractivity contribution in [2.45, 2.75) is 13.0 Å². The van der Waals surface area contributed by atoms with Crippen LogP contribution in [-0.2, 0) is 4.74 Å². The number of nitrogens with zero attached hydrogens (tertiary/aromatic N) is 2. The lowest BCUT2D eigenvalue weighted by molar-refractivity contribution is 0.0919. The third-order valence-electron chi connectivity index (χ3n) is 1.97. The molecule has 1 aromatic heterocycles. The van der Waals surface area contributed by atoms with Crippen LogP contribution in [0.1, 0.15) is 12.5 Å². The number of nitriles is 1. The van der Waals surface area contributed by atoms with Crippen molar-refractivity contribution < 1.29 is 9.47 Å². The molecule has 0 fully saturated rings. The van der Waals surface area contributed by atoms with E-state index < -0.39 is 0 Å². The van der Waals surface area contributed by atoms with Gasteiger partial charge in [-0.05, 0) is 6.92 Å². The Morgan fingerprint density at radius 3 is 2.94 bits per heavy atom. The van der Waals surface area contributed by atoms with E-state index in [1.54, 1.807) is 20.2 Å². The smallest absolute Gasteiger partial charge is 0.142 e. The van der Waals surface area contributed by atoms with Gasteiger partial charge in [0.25, 0.3) is 0 Å². The normalized spacial score (nSPS) is 11.6. The summed E-state index contributed by atoms with van der Waals surface area (Å²) in [7, 11) is 3.37. The molecule has 0 saturated heterocycles. The first-order valence-corrected chi connectivity index (χ1v) is 4.94. The molecule has 0 aromatic carbocycles. The zero-order chi connectivity index (χ0) is 12.0. The van der Waals surface area contributed by atoms with Crippen LogP contribution in [0.15, 0.2) is 12.3 Å². The Balaban J connectivity index is 2.88. The molecule has 0 aliphatic heterocycles. The molecule has 0 saturated carbocycles. The van der Waals surface area contributed by atoms with Crippen LogP contribution in [0.25, 0.3) is 0 Å². The summed E-state index contributed by atoms with van der Waals surface area (Å²) in [5.41, 5.74) is 0.418. The van der Waals surface area contributed by atoms with Crippen LogP contribution in [0.3, 0.4) is 0 Å². The Morgan fingerprint density at radius 2 is 2.38 bits per heavy atom. The molecular formula is C11H15N3O2. The monoisotopic (exact) mass is 221 g/mol. The second kappa shape index (κ2) is 5.93. The predicted molar refractivity (Wildman–Crippen MR) is 60.5 cm³/mol. The van der Waals surface area contributed by atoms with E-state index in [2.05, 4.69) is 10.3 Å². The second-order valence-corrected chi connectivity index (χ2v) is 3.31. The van der Waals surface area contributed by atoms with Gasteiger partial charge in [-0.15, -0.1) is 0 Å². The highest BCUT2D eigenvalue weighted by Gasteiger charge is 2.09. The highest BCUT2D eigenvalue weighted by molar-refractivity contribution is 5.49. The fraction of sp³-hybridized carbons (Fsp3) is 0.455. The molecule has 1 rings (SSSR count). The minimum absolute atomic E-state index is 0.107. The summed E-state index contributed by atoms with van der Waals surface area (Å²) >= 11 is 0. The third-order valence-corrected chi connectivity index (χ3v) is 1.97. The highest BCUT2D eigenvalue weighted by Crippen LogP contribution is 2.21. The first-order valence-electron chi connectivity index (χ1n) is 4.94. The molecule has 1 atom stereocenters. The van der Waals surface area contributed by atoms with Gasteiger partial charge in [-0.3, -0.25) is 0 Å². The van der Waals surface area contributed by atoms with Crippen molar-refractivity contribution in [3.63, 3.8) is 0 Å². The average molecular weight is 221 g/mol. The minimum Gasteiger partial charge on any atom is -0.487 e. The van der Waals surface area contributed by atoms with E-state index in [9.17, 15) is 0 Å². The number of pyridine rings is 1. The Morgan fingerprint density at radius 1 is 1.62 bits per heavy atom. The molecular weight excluding hydrogens is 206 g/mol. The summed E-state index contributed by atoms with van der Waals surface area (Å²) in [5.74, 6) is 1.19. The van der Waals surface area contributed by atoms with Crippen molar-refractivity contribution in [2.24, 2.45) is 0 Å². The van der Waals surface area contributed by atoms with Gasteiger partial charge in [0.15, 0.2) is 0 Å². The van der Waals surface area contributed by atoms with Crippen LogP contribution < -0.4 is 10.1 Å². The van der Waals surface area contributed by atoms with E-state index in [1.807, 2.05) is 13.0 Å². The van der Waals surface area contributed by atoms with E-state index >= 15 is 0 Å². The van der Waals surface area contributed by atoms with Gasteiger partial charge in [-0.2, -0.15) is 5.26 Å². The molecule has 5 heteroatoms. The van der Waals surface area contributed by atoms with Gasteiger partial charge in [0.2, 0.25) is 0 Å². The molecule has 1 heterocycles. The SMILES string of the molecule is CNc1cc(OC(C)COC)c(C#N)cn1. The second-order valence-electron chi connectivity index (χ2n) is 3.31. The summed E-state index contributed by atoms with van der Waals surface area (Å²) < 4.78 is 10.6. The third kappa shape index (κ3) is 3.11. The van der Waals surface area contributed by atoms with Crippen molar-refractivity contribution in [2.75, 3.05) is 26.1 Å². The number of aromatic nitrogens is 1. The topological polar surface area (TPSA) is 67.2 Å². The number of rotatable bonds is 5. The lowest BCUT2D eigenvalue weighted by atomic mass is 10.2. The Bertz CT molecular complexity index is 387. The van der Waals surface area contributed by atoms with Gasteiger partial charge in [-0.1, -0.05) is 0 Å². The first kappa shape index (κ1) is 12.3. The van der Waals surface area contributed by atoms with Gasteiger partial charge in [0.05, 0.1) is 12.8 Å². The van der Waals surface area contributed by atoms with Crippen molar-refractivity contribution in [3.8, 4) is 11.8 Å². The van der Waals surface area contributed by atoms with Crippen LogP contribution in [-0.4, -0.2) is 31.9 Å². The number of anilines is 1. The molecule has 1 N–H and O–H groups in total. The molecule has 0 spiro atoms. The van der Waals surface area contributed by atoms with E-state index in [0.29, 0.717) is 23.7 Å². The zero-order valence-corrected chi connectivity index (χ0v) is 9.65. The maximum absolute atomic E-state index is 8.90. The summed E-state index contributed by atoms with van der Waals surface area (Å²) in [6, 6.07) is 3.74. The number of hydrogen-bond donors (Lipinski definition) is 1. The molecule has 0 amide bonds. The van der Waals surface area contributed by atoms with Crippen molar-refractivity contribution in [1.29, 1.82) is 5.26 Å². The molecule has 1 unspecified atom stereocenters. The Labute approximate surface area is 95.0 Å². The largest absolute Gasteiger partial charge is 0.487 e. The Hall–Kier alpha value is -1.80. The average Bonchev–Trinajstić information content (AvgIpc) is 2.29. The summed E-state index contributed by atoms with van der Waals surface area (Å²) in [6.45, 7) is 2.35. The van der Waals surface area contributed by atoms with Crippen molar-refractivity contribution in [3.05, 3.63) is 17.8 Å². The van der Waals surface area contributed by atoms with Gasteiger partial charge in [0, 0.05) is 20.2 Å². The van der Waals surface area contributed by atoms with Crippen LogP contribution in [0.5, 0.6) is 5.75 Å². The quantitative estimate of drug-likeness (QED) is 0.814. The molecule has 0 bridgehead atoms. The number of hydrogen-bond acceptors (Lipinski definition) is 5. The maximum atomic E-state index is 8.90. The maximum Gasteiger partial charge on any atom is 0.142 e. The molecule has 5 nitrogen and oxygen atoms in total. The molecule has 0 aliphatic rings. The van der Waals surface area contributed by atoms with Gasteiger partial charge in [0.1, 0.15) is 29.3 Å². The molecule has 86 valence electrons. The van der Waals surface area contributed by atoms with Crippen LogP contribution in [0, 0.1) is 11.3 Å². The standard InChI is InChI=1S/C11H15N3O2/c1-8(7-15-3)16-10-4-11(13-2)14-6-9(10)5-12/h4,6,8H,7H2,1-3H3,(H,13,14). The summed E-state index contributed by atoms with van der Waals surface area (Å²) in [4.78, 5) is 4.04. The molecule has 16 heavy (non-hydrogen) atoms. The van der Waals surface area contributed by atoms with E-state index in [4.69, 9.17) is 14.7 Å². The molecule has 1 aromatic rings. The molecule has 0 aliphatic carbocycles. The lowest BCUT2D eigenvalue weighted by Crippen LogP contribution is -2.18. The predicted octanol–water partition coefficient (Wildman–Crippen LogP) is 1.41. The minimum atomic E-state index is -0.107. The fourth-order valence-electron chi connectivity index (χ4n) is 1.24. The van der Waals surface area contributed by atoms with Crippen molar-refractivity contribution >= 4 is 5.82 Å². The zero-order valence-electron chi connectivity index (χ0n) is 9.65. The number of nitrogens with one attached hydrogen (secondary N) is 1. The number of ether oxygens (including phenoxy) is 2. The first-order chi connectivity index (χ1) is 7.71. The number of methoxy groups -OCH3 is 1. The van der Waals surface area contributed by atoms with Gasteiger partial charge in [-0.25, -0.2) is 4.98 Å². The van der Waals surface area contributed by atoms with E-state index in [1.165, 1.54) is 6.20 Å². The Kier molecular flexibility index (Phi) is 4.55. The summed E-state index contributed by atoms with van der Waals surface area (Å²) in [6.07, 6.45) is 1.38. The van der Waals surface area contributed by atoms with E-state index in [0.717, 1.165) is 0 Å². The van der Waals surface area contributed by atoms with Gasteiger partial charge >= 0.3 is 0 Å². The van der Waals surface area contributed by atoms with Crippen LogP contribution in [0.2, 0.25) is 0 Å². The molecule has 0 radical (unpaired) electrons. The van der Waals surface area contributed by atoms with E-state index in [-0.39, 0.29) is 6.10 Å².